The standard InChI is InChI=1S/C11H13BrN2O3/c1-2-17-11(16)7-5-8(12)10(15)14-9(7)13-6-3-4-6/h5-6H,2-4H2,1H3,(H2,13,14,15). The molecule has 0 amide bonds. The summed E-state index contributed by atoms with van der Waals surface area (Å²) in [5.74, 6) is -0.198. The second-order valence-electron chi connectivity index (χ2n) is 3.83. The van der Waals surface area contributed by atoms with E-state index in [1.54, 1.807) is 6.92 Å². The minimum atomic E-state index is -0.441. The number of esters is 1. The molecule has 0 atom stereocenters. The van der Waals surface area contributed by atoms with Crippen molar-refractivity contribution in [3.63, 3.8) is 0 Å². The lowest BCUT2D eigenvalue weighted by Gasteiger charge is -2.10. The van der Waals surface area contributed by atoms with Crippen LogP contribution in [0.5, 0.6) is 5.88 Å². The van der Waals surface area contributed by atoms with Crippen molar-refractivity contribution in [2.45, 2.75) is 25.8 Å². The molecule has 1 aliphatic rings. The molecule has 1 saturated carbocycles. The Labute approximate surface area is 107 Å². The van der Waals surface area contributed by atoms with E-state index in [0.29, 0.717) is 28.5 Å². The Balaban J connectivity index is 2.31. The Morgan fingerprint density at radius 2 is 2.41 bits per heavy atom. The second-order valence-corrected chi connectivity index (χ2v) is 4.68. The molecule has 2 rings (SSSR count). The Morgan fingerprint density at radius 3 is 3.00 bits per heavy atom. The second kappa shape index (κ2) is 4.91. The largest absolute Gasteiger partial charge is 0.492 e. The van der Waals surface area contributed by atoms with Gasteiger partial charge in [-0.2, -0.15) is 4.98 Å². The minimum Gasteiger partial charge on any atom is -0.492 e. The lowest BCUT2D eigenvalue weighted by Crippen LogP contribution is -2.12. The average molecular weight is 301 g/mol. The lowest BCUT2D eigenvalue weighted by molar-refractivity contribution is 0.0527. The smallest absolute Gasteiger partial charge is 0.341 e. The van der Waals surface area contributed by atoms with Gasteiger partial charge in [-0.3, -0.25) is 0 Å². The molecule has 0 bridgehead atoms. The Morgan fingerprint density at radius 1 is 1.71 bits per heavy atom. The molecule has 6 heteroatoms. The van der Waals surface area contributed by atoms with Crippen LogP contribution in [-0.4, -0.2) is 28.7 Å². The van der Waals surface area contributed by atoms with Gasteiger partial charge in [0.15, 0.2) is 0 Å². The highest BCUT2D eigenvalue weighted by Gasteiger charge is 2.25. The number of hydrogen-bond donors (Lipinski definition) is 2. The first-order valence-corrected chi connectivity index (χ1v) is 6.24. The van der Waals surface area contributed by atoms with Crippen molar-refractivity contribution in [3.05, 3.63) is 16.1 Å². The molecule has 0 saturated heterocycles. The van der Waals surface area contributed by atoms with Crippen LogP contribution in [0, 0.1) is 0 Å². The summed E-state index contributed by atoms with van der Waals surface area (Å²) >= 11 is 3.13. The summed E-state index contributed by atoms with van der Waals surface area (Å²) in [7, 11) is 0. The number of rotatable bonds is 4. The molecule has 1 aliphatic carbocycles. The van der Waals surface area contributed by atoms with E-state index in [-0.39, 0.29) is 5.88 Å². The molecule has 1 heterocycles. The number of hydrogen-bond acceptors (Lipinski definition) is 5. The highest BCUT2D eigenvalue weighted by Crippen LogP contribution is 2.31. The number of pyridine rings is 1. The van der Waals surface area contributed by atoms with E-state index >= 15 is 0 Å². The Bertz CT molecular complexity index is 447. The van der Waals surface area contributed by atoms with E-state index in [0.717, 1.165) is 12.8 Å². The highest BCUT2D eigenvalue weighted by molar-refractivity contribution is 9.10. The number of aromatic hydroxyl groups is 1. The zero-order chi connectivity index (χ0) is 12.4. The van der Waals surface area contributed by atoms with Crippen molar-refractivity contribution in [1.82, 2.24) is 4.98 Å². The zero-order valence-electron chi connectivity index (χ0n) is 9.36. The van der Waals surface area contributed by atoms with Crippen LogP contribution >= 0.6 is 15.9 Å². The maximum Gasteiger partial charge on any atom is 0.341 e. The summed E-state index contributed by atoms with van der Waals surface area (Å²) < 4.78 is 5.32. The molecule has 2 N–H and O–H groups in total. The van der Waals surface area contributed by atoms with Crippen molar-refractivity contribution in [1.29, 1.82) is 0 Å². The predicted octanol–water partition coefficient (Wildman–Crippen LogP) is 2.30. The van der Waals surface area contributed by atoms with Crippen LogP contribution in [0.3, 0.4) is 0 Å². The molecule has 0 spiro atoms. The zero-order valence-corrected chi connectivity index (χ0v) is 11.0. The molecule has 0 radical (unpaired) electrons. The van der Waals surface area contributed by atoms with Gasteiger partial charge in [-0.1, -0.05) is 0 Å². The van der Waals surface area contributed by atoms with Crippen LogP contribution in [0.25, 0.3) is 0 Å². The first kappa shape index (κ1) is 12.2. The van der Waals surface area contributed by atoms with E-state index in [4.69, 9.17) is 4.74 Å². The molecule has 0 aromatic carbocycles. The summed E-state index contributed by atoms with van der Waals surface area (Å²) in [6, 6.07) is 1.86. The molecule has 1 fully saturated rings. The van der Waals surface area contributed by atoms with Gasteiger partial charge in [0.1, 0.15) is 11.4 Å². The SMILES string of the molecule is CCOC(=O)c1cc(Br)c(O)nc1NC1CC1. The number of halogens is 1. The van der Waals surface area contributed by atoms with Crippen molar-refractivity contribution < 1.29 is 14.6 Å². The van der Waals surface area contributed by atoms with Crippen molar-refractivity contribution >= 4 is 27.7 Å². The number of carbonyl (C=O) groups excluding carboxylic acids is 1. The topological polar surface area (TPSA) is 71.5 Å². The summed E-state index contributed by atoms with van der Waals surface area (Å²) in [6.45, 7) is 2.05. The third-order valence-electron chi connectivity index (χ3n) is 2.37. The average Bonchev–Trinajstić information content (AvgIpc) is 3.07. The Hall–Kier alpha value is -1.30. The van der Waals surface area contributed by atoms with E-state index in [9.17, 15) is 9.90 Å². The third kappa shape index (κ3) is 2.88. The van der Waals surface area contributed by atoms with Crippen molar-refractivity contribution in [2.75, 3.05) is 11.9 Å². The molecule has 92 valence electrons. The fourth-order valence-electron chi connectivity index (χ4n) is 1.37. The molecule has 1 aromatic heterocycles. The van der Waals surface area contributed by atoms with E-state index in [1.807, 2.05) is 0 Å². The summed E-state index contributed by atoms with van der Waals surface area (Å²) in [5, 5.41) is 12.6. The van der Waals surface area contributed by atoms with Gasteiger partial charge in [0, 0.05) is 6.04 Å². The van der Waals surface area contributed by atoms with Gasteiger partial charge >= 0.3 is 5.97 Å². The summed E-state index contributed by atoms with van der Waals surface area (Å²) in [5.41, 5.74) is 0.337. The van der Waals surface area contributed by atoms with Gasteiger partial charge in [-0.25, -0.2) is 4.79 Å². The number of ether oxygens (including phenoxy) is 1. The minimum absolute atomic E-state index is 0.138. The van der Waals surface area contributed by atoms with Crippen LogP contribution < -0.4 is 5.32 Å². The first-order valence-electron chi connectivity index (χ1n) is 5.45. The summed E-state index contributed by atoms with van der Waals surface area (Å²) in [6.07, 6.45) is 2.11. The molecule has 0 unspecified atom stereocenters. The van der Waals surface area contributed by atoms with E-state index < -0.39 is 5.97 Å². The number of nitrogens with zero attached hydrogens (tertiary/aromatic N) is 1. The maximum absolute atomic E-state index is 11.7. The van der Waals surface area contributed by atoms with E-state index in [2.05, 4.69) is 26.2 Å². The maximum atomic E-state index is 11.7. The molecule has 5 nitrogen and oxygen atoms in total. The fourth-order valence-corrected chi connectivity index (χ4v) is 1.69. The van der Waals surface area contributed by atoms with Gasteiger partial charge in [0.25, 0.3) is 0 Å². The number of carbonyl (C=O) groups is 1. The van der Waals surface area contributed by atoms with Crippen LogP contribution in [0.1, 0.15) is 30.1 Å². The van der Waals surface area contributed by atoms with Crippen LogP contribution in [0.15, 0.2) is 10.5 Å². The van der Waals surface area contributed by atoms with Crippen LogP contribution in [0.4, 0.5) is 5.82 Å². The quantitative estimate of drug-likeness (QED) is 0.835. The third-order valence-corrected chi connectivity index (χ3v) is 2.95. The van der Waals surface area contributed by atoms with Gasteiger partial charge in [0.05, 0.1) is 11.1 Å². The van der Waals surface area contributed by atoms with E-state index in [1.165, 1.54) is 6.07 Å². The van der Waals surface area contributed by atoms with Crippen molar-refractivity contribution in [3.8, 4) is 5.88 Å². The predicted molar refractivity (Wildman–Crippen MR) is 66.2 cm³/mol. The molecular weight excluding hydrogens is 288 g/mol. The van der Waals surface area contributed by atoms with Crippen LogP contribution in [0.2, 0.25) is 0 Å². The Kier molecular flexibility index (Phi) is 3.51. The van der Waals surface area contributed by atoms with Crippen molar-refractivity contribution in [2.24, 2.45) is 0 Å². The van der Waals surface area contributed by atoms with Crippen LogP contribution in [-0.2, 0) is 4.74 Å². The first-order chi connectivity index (χ1) is 8.11. The molecule has 1 aromatic rings. The number of aromatic nitrogens is 1. The molecule has 0 aliphatic heterocycles. The summed E-state index contributed by atoms with van der Waals surface area (Å²) in [4.78, 5) is 15.7. The van der Waals surface area contributed by atoms with Gasteiger partial charge in [-0.15, -0.1) is 0 Å². The normalized spacial score (nSPS) is 14.5. The highest BCUT2D eigenvalue weighted by atomic mass is 79.9. The fraction of sp³-hybridized carbons (Fsp3) is 0.455. The monoisotopic (exact) mass is 300 g/mol. The number of anilines is 1. The lowest BCUT2D eigenvalue weighted by atomic mass is 10.2. The van der Waals surface area contributed by atoms with Gasteiger partial charge in [0.2, 0.25) is 5.88 Å². The molecule has 17 heavy (non-hydrogen) atoms. The molecular formula is C11H13BrN2O3. The number of nitrogens with one attached hydrogen (secondary N) is 1. The van der Waals surface area contributed by atoms with Gasteiger partial charge in [-0.05, 0) is 41.8 Å². The van der Waals surface area contributed by atoms with Gasteiger partial charge < -0.3 is 15.2 Å².